The van der Waals surface area contributed by atoms with Crippen molar-refractivity contribution in [1.82, 2.24) is 4.31 Å². The van der Waals surface area contributed by atoms with Gasteiger partial charge in [-0.1, -0.05) is 6.92 Å². The van der Waals surface area contributed by atoms with Crippen molar-refractivity contribution in [2.75, 3.05) is 19.6 Å². The highest BCUT2D eigenvalue weighted by atomic mass is 32.2. The molecular formula is C10H20N2O2S. The third-order valence-electron chi connectivity index (χ3n) is 3.68. The maximum atomic E-state index is 12.0. The summed E-state index contributed by atoms with van der Waals surface area (Å²) in [4.78, 5) is 0. The van der Waals surface area contributed by atoms with Gasteiger partial charge in [0.05, 0.1) is 5.25 Å². The maximum Gasteiger partial charge on any atom is 0.216 e. The second-order valence-corrected chi connectivity index (χ2v) is 7.08. The van der Waals surface area contributed by atoms with E-state index in [-0.39, 0.29) is 5.25 Å². The summed E-state index contributed by atoms with van der Waals surface area (Å²) in [6.45, 7) is 4.09. The van der Waals surface area contributed by atoms with Crippen molar-refractivity contribution in [2.24, 2.45) is 17.6 Å². The fourth-order valence-corrected chi connectivity index (χ4v) is 4.14. The third-order valence-corrected chi connectivity index (χ3v) is 6.05. The van der Waals surface area contributed by atoms with Crippen molar-refractivity contribution in [2.45, 2.75) is 31.4 Å². The first kappa shape index (κ1) is 11.4. The van der Waals surface area contributed by atoms with Crippen molar-refractivity contribution in [1.29, 1.82) is 0 Å². The van der Waals surface area contributed by atoms with Gasteiger partial charge in [-0.2, -0.15) is 0 Å². The summed E-state index contributed by atoms with van der Waals surface area (Å²) in [5.74, 6) is 0.896. The molecule has 15 heavy (non-hydrogen) atoms. The van der Waals surface area contributed by atoms with Crippen molar-refractivity contribution in [3.8, 4) is 0 Å². The van der Waals surface area contributed by atoms with Gasteiger partial charge >= 0.3 is 0 Å². The molecule has 1 aliphatic carbocycles. The van der Waals surface area contributed by atoms with E-state index in [1.165, 1.54) is 0 Å². The van der Waals surface area contributed by atoms with Gasteiger partial charge in [0.2, 0.25) is 10.0 Å². The minimum absolute atomic E-state index is 0.0793. The highest BCUT2D eigenvalue weighted by Gasteiger charge is 2.42. The van der Waals surface area contributed by atoms with Gasteiger partial charge in [-0.15, -0.1) is 0 Å². The highest BCUT2D eigenvalue weighted by Crippen LogP contribution is 2.34. The average Bonchev–Trinajstić information content (AvgIpc) is 3.01. The molecule has 0 radical (unpaired) electrons. The monoisotopic (exact) mass is 232 g/mol. The summed E-state index contributed by atoms with van der Waals surface area (Å²) in [5.41, 5.74) is 5.67. The Kier molecular flexibility index (Phi) is 3.05. The van der Waals surface area contributed by atoms with Gasteiger partial charge in [0.15, 0.2) is 0 Å². The molecule has 2 aliphatic rings. The van der Waals surface area contributed by atoms with E-state index in [0.717, 1.165) is 19.3 Å². The zero-order valence-corrected chi connectivity index (χ0v) is 10.0. The lowest BCUT2D eigenvalue weighted by atomic mass is 9.88. The molecule has 88 valence electrons. The first-order valence-corrected chi connectivity index (χ1v) is 7.25. The molecule has 2 rings (SSSR count). The van der Waals surface area contributed by atoms with Gasteiger partial charge in [-0.3, -0.25) is 0 Å². The number of hydrogen-bond acceptors (Lipinski definition) is 3. The molecule has 0 aromatic rings. The molecule has 5 heteroatoms. The molecule has 0 aromatic carbocycles. The molecule has 2 atom stereocenters. The van der Waals surface area contributed by atoms with Crippen LogP contribution in [0.15, 0.2) is 0 Å². The number of rotatable bonds is 3. The second-order valence-electron chi connectivity index (χ2n) is 4.86. The van der Waals surface area contributed by atoms with E-state index in [1.54, 1.807) is 4.31 Å². The summed E-state index contributed by atoms with van der Waals surface area (Å²) in [7, 11) is -2.98. The van der Waals surface area contributed by atoms with Gasteiger partial charge in [0, 0.05) is 13.1 Å². The molecule has 1 aliphatic heterocycles. The van der Waals surface area contributed by atoms with Gasteiger partial charge in [-0.05, 0) is 37.6 Å². The summed E-state index contributed by atoms with van der Waals surface area (Å²) in [6, 6.07) is 0. The fourth-order valence-electron chi connectivity index (χ4n) is 2.23. The molecule has 2 unspecified atom stereocenters. The molecule has 0 spiro atoms. The Morgan fingerprint density at radius 2 is 2.00 bits per heavy atom. The average molecular weight is 232 g/mol. The zero-order chi connectivity index (χ0) is 11.1. The van der Waals surface area contributed by atoms with E-state index in [0.29, 0.717) is 31.5 Å². The van der Waals surface area contributed by atoms with Gasteiger partial charge in [-0.25, -0.2) is 12.7 Å². The molecule has 4 nitrogen and oxygen atoms in total. The number of nitrogens with zero attached hydrogens (tertiary/aromatic N) is 1. The van der Waals surface area contributed by atoms with Crippen molar-refractivity contribution in [3.63, 3.8) is 0 Å². The standard InChI is InChI=1S/C10H20N2O2S/c1-8-4-5-12(7-9(8)6-11)15(13,14)10-2-3-10/h8-10H,2-7,11H2,1H3. The predicted molar refractivity (Wildman–Crippen MR) is 59.8 cm³/mol. The van der Waals surface area contributed by atoms with Crippen molar-refractivity contribution < 1.29 is 8.42 Å². The molecule has 1 saturated carbocycles. The third kappa shape index (κ3) is 2.19. The Bertz CT molecular complexity index is 324. The lowest BCUT2D eigenvalue weighted by molar-refractivity contribution is 0.203. The Balaban J connectivity index is 2.05. The molecule has 2 N–H and O–H groups in total. The van der Waals surface area contributed by atoms with E-state index in [4.69, 9.17) is 5.73 Å². The predicted octanol–water partition coefficient (Wildman–Crippen LogP) is 0.395. The van der Waals surface area contributed by atoms with Crippen molar-refractivity contribution in [3.05, 3.63) is 0 Å². The molecule has 2 fully saturated rings. The summed E-state index contributed by atoms with van der Waals surface area (Å²) < 4.78 is 25.7. The summed E-state index contributed by atoms with van der Waals surface area (Å²) in [5, 5.41) is -0.0793. The maximum absolute atomic E-state index is 12.0. The second kappa shape index (κ2) is 4.03. The van der Waals surface area contributed by atoms with Crippen LogP contribution < -0.4 is 5.73 Å². The van der Waals surface area contributed by atoms with Crippen LogP contribution in [0, 0.1) is 11.8 Å². The minimum atomic E-state index is -2.98. The molecule has 1 heterocycles. The van der Waals surface area contributed by atoms with Crippen LogP contribution in [0.2, 0.25) is 0 Å². The lowest BCUT2D eigenvalue weighted by Crippen LogP contribution is -2.46. The minimum Gasteiger partial charge on any atom is -0.330 e. The number of piperidine rings is 1. The summed E-state index contributed by atoms with van der Waals surface area (Å²) >= 11 is 0. The Labute approximate surface area is 91.9 Å². The fraction of sp³-hybridized carbons (Fsp3) is 1.00. The van der Waals surface area contributed by atoms with Gasteiger partial charge in [0.1, 0.15) is 0 Å². The first-order valence-electron chi connectivity index (χ1n) is 5.74. The first-order chi connectivity index (χ1) is 7.05. The van der Waals surface area contributed by atoms with E-state index < -0.39 is 10.0 Å². The van der Waals surface area contributed by atoms with E-state index in [1.807, 2.05) is 0 Å². The quantitative estimate of drug-likeness (QED) is 0.766. The van der Waals surface area contributed by atoms with Crippen LogP contribution in [0.1, 0.15) is 26.2 Å². The normalized spacial score (nSPS) is 34.3. The smallest absolute Gasteiger partial charge is 0.216 e. The number of hydrogen-bond donors (Lipinski definition) is 1. The zero-order valence-electron chi connectivity index (χ0n) is 9.22. The molecule has 1 saturated heterocycles. The van der Waals surface area contributed by atoms with E-state index in [2.05, 4.69) is 6.92 Å². The SMILES string of the molecule is CC1CCN(S(=O)(=O)C2CC2)CC1CN. The van der Waals surface area contributed by atoms with E-state index in [9.17, 15) is 8.42 Å². The molecule has 0 amide bonds. The largest absolute Gasteiger partial charge is 0.330 e. The molecule has 0 aromatic heterocycles. The lowest BCUT2D eigenvalue weighted by Gasteiger charge is -2.35. The van der Waals surface area contributed by atoms with Gasteiger partial charge in [0.25, 0.3) is 0 Å². The van der Waals surface area contributed by atoms with Crippen LogP contribution in [0.5, 0.6) is 0 Å². The van der Waals surface area contributed by atoms with Gasteiger partial charge < -0.3 is 5.73 Å². The van der Waals surface area contributed by atoms with Crippen LogP contribution in [0.3, 0.4) is 0 Å². The number of nitrogens with two attached hydrogens (primary N) is 1. The Morgan fingerprint density at radius 3 is 2.53 bits per heavy atom. The van der Waals surface area contributed by atoms with E-state index >= 15 is 0 Å². The van der Waals surface area contributed by atoms with Crippen molar-refractivity contribution >= 4 is 10.0 Å². The topological polar surface area (TPSA) is 63.4 Å². The highest BCUT2D eigenvalue weighted by molar-refractivity contribution is 7.90. The van der Waals surface area contributed by atoms with Crippen LogP contribution in [-0.4, -0.2) is 37.6 Å². The van der Waals surface area contributed by atoms with Crippen LogP contribution in [0.25, 0.3) is 0 Å². The van der Waals surface area contributed by atoms with Crippen LogP contribution in [-0.2, 0) is 10.0 Å². The summed E-state index contributed by atoms with van der Waals surface area (Å²) in [6.07, 6.45) is 2.65. The van der Waals surface area contributed by atoms with Crippen LogP contribution in [0.4, 0.5) is 0 Å². The molecule has 0 bridgehead atoms. The molecular weight excluding hydrogens is 212 g/mol. The Morgan fingerprint density at radius 1 is 1.33 bits per heavy atom. The Hall–Kier alpha value is -0.130. The van der Waals surface area contributed by atoms with Crippen LogP contribution >= 0.6 is 0 Å². The number of sulfonamides is 1.